The molecule has 1 amide bonds. The minimum Gasteiger partial charge on any atom is -0.493 e. The Morgan fingerprint density at radius 2 is 1.85 bits per heavy atom. The number of amides is 1. The van der Waals surface area contributed by atoms with Crippen molar-refractivity contribution in [3.63, 3.8) is 0 Å². The van der Waals surface area contributed by atoms with E-state index in [-0.39, 0.29) is 11.8 Å². The van der Waals surface area contributed by atoms with Crippen LogP contribution in [0.25, 0.3) is 0 Å². The first-order valence-electron chi connectivity index (χ1n) is 9.75. The van der Waals surface area contributed by atoms with Crippen molar-refractivity contribution in [2.24, 2.45) is 5.92 Å². The third-order valence-electron chi connectivity index (χ3n) is 5.90. The monoisotopic (exact) mass is 360 g/mol. The van der Waals surface area contributed by atoms with Crippen LogP contribution >= 0.6 is 0 Å². The first kappa shape index (κ1) is 19.0. The molecule has 0 spiro atoms. The lowest BCUT2D eigenvalue weighted by molar-refractivity contribution is -0.136. The molecular weight excluding hydrogens is 328 g/mol. The Hall–Kier alpha value is -1.75. The number of fused-ring (bicyclic) bond motifs is 1. The smallest absolute Gasteiger partial charge is 0.225 e. The van der Waals surface area contributed by atoms with Gasteiger partial charge in [-0.15, -0.1) is 0 Å². The summed E-state index contributed by atoms with van der Waals surface area (Å²) < 4.78 is 11.0. The van der Waals surface area contributed by atoms with Crippen molar-refractivity contribution in [2.75, 3.05) is 33.9 Å². The zero-order chi connectivity index (χ0) is 18.8. The highest BCUT2D eigenvalue weighted by atomic mass is 16.5. The van der Waals surface area contributed by atoms with Gasteiger partial charge in [-0.1, -0.05) is 13.8 Å². The van der Waals surface area contributed by atoms with E-state index in [0.717, 1.165) is 50.4 Å². The summed E-state index contributed by atoms with van der Waals surface area (Å²) in [5.74, 6) is 1.95. The highest BCUT2D eigenvalue weighted by Gasteiger charge is 2.34. The molecule has 5 heteroatoms. The van der Waals surface area contributed by atoms with Crippen molar-refractivity contribution >= 4 is 5.91 Å². The maximum atomic E-state index is 12.4. The summed E-state index contributed by atoms with van der Waals surface area (Å²) in [5.41, 5.74) is 2.67. The molecule has 0 bridgehead atoms. The van der Waals surface area contributed by atoms with Crippen LogP contribution in [-0.4, -0.2) is 55.6 Å². The fourth-order valence-corrected chi connectivity index (χ4v) is 4.45. The van der Waals surface area contributed by atoms with Gasteiger partial charge in [-0.25, -0.2) is 0 Å². The van der Waals surface area contributed by atoms with Crippen molar-refractivity contribution in [3.8, 4) is 11.5 Å². The van der Waals surface area contributed by atoms with Gasteiger partial charge in [-0.05, 0) is 49.4 Å². The summed E-state index contributed by atoms with van der Waals surface area (Å²) in [4.78, 5) is 17.1. The molecule has 0 radical (unpaired) electrons. The summed E-state index contributed by atoms with van der Waals surface area (Å²) in [5, 5.41) is 0. The number of ether oxygens (including phenoxy) is 2. The average Bonchev–Trinajstić information content (AvgIpc) is 2.66. The lowest BCUT2D eigenvalue weighted by atomic mass is 9.90. The van der Waals surface area contributed by atoms with Crippen molar-refractivity contribution in [1.82, 2.24) is 9.80 Å². The summed E-state index contributed by atoms with van der Waals surface area (Å²) in [7, 11) is 3.37. The van der Waals surface area contributed by atoms with Crippen molar-refractivity contribution in [2.45, 2.75) is 52.1 Å². The number of carbonyl (C=O) groups is 1. The Bertz CT molecular complexity index is 659. The van der Waals surface area contributed by atoms with Crippen molar-refractivity contribution in [1.29, 1.82) is 0 Å². The number of carbonyl (C=O) groups excluding carboxylic acids is 1. The van der Waals surface area contributed by atoms with Gasteiger partial charge in [-0.2, -0.15) is 0 Å². The number of benzene rings is 1. The summed E-state index contributed by atoms with van der Waals surface area (Å²) >= 11 is 0. The van der Waals surface area contributed by atoms with Crippen LogP contribution in [0.5, 0.6) is 11.5 Å². The molecule has 0 aromatic heterocycles. The van der Waals surface area contributed by atoms with E-state index in [2.05, 4.69) is 28.9 Å². The van der Waals surface area contributed by atoms with Gasteiger partial charge in [0, 0.05) is 37.6 Å². The molecule has 0 aliphatic carbocycles. The fourth-order valence-electron chi connectivity index (χ4n) is 4.45. The minimum absolute atomic E-state index is 0.0741. The van der Waals surface area contributed by atoms with E-state index in [0.29, 0.717) is 12.1 Å². The lowest BCUT2D eigenvalue weighted by Crippen LogP contribution is -2.52. The standard InChI is InChI=1S/C21H32N2O3/c1-14(2)21(24)22-9-6-7-17(13-22)23-10-8-16-11-19(25-4)20(26-5)12-18(16)15(23)3/h11-12,14-15,17H,6-10,13H2,1-5H3. The van der Waals surface area contributed by atoms with E-state index in [4.69, 9.17) is 9.47 Å². The predicted molar refractivity (Wildman–Crippen MR) is 103 cm³/mol. The van der Waals surface area contributed by atoms with Crippen LogP contribution in [0.15, 0.2) is 12.1 Å². The quantitative estimate of drug-likeness (QED) is 0.826. The predicted octanol–water partition coefficient (Wildman–Crippen LogP) is 3.27. The molecule has 1 aromatic rings. The van der Waals surface area contributed by atoms with Gasteiger partial charge in [0.05, 0.1) is 14.2 Å². The molecule has 0 saturated carbocycles. The van der Waals surface area contributed by atoms with Crippen LogP contribution in [0.4, 0.5) is 0 Å². The molecular formula is C21H32N2O3. The minimum atomic E-state index is 0.0741. The molecule has 26 heavy (non-hydrogen) atoms. The third-order valence-corrected chi connectivity index (χ3v) is 5.90. The van der Waals surface area contributed by atoms with Gasteiger partial charge >= 0.3 is 0 Å². The van der Waals surface area contributed by atoms with Crippen LogP contribution in [0, 0.1) is 5.92 Å². The third kappa shape index (κ3) is 3.54. The van der Waals surface area contributed by atoms with Gasteiger partial charge in [0.15, 0.2) is 11.5 Å². The number of rotatable bonds is 4. The molecule has 1 fully saturated rings. The largest absolute Gasteiger partial charge is 0.493 e. The summed E-state index contributed by atoms with van der Waals surface area (Å²) in [6, 6.07) is 5.00. The lowest BCUT2D eigenvalue weighted by Gasteiger charge is -2.45. The molecule has 2 atom stereocenters. The SMILES string of the molecule is COc1cc2c(cc1OC)C(C)N(C1CCCN(C(=O)C(C)C)C1)CC2. The van der Waals surface area contributed by atoms with Crippen LogP contribution in [0.3, 0.4) is 0 Å². The second kappa shape index (κ2) is 7.87. The average molecular weight is 360 g/mol. The molecule has 1 aromatic carbocycles. The number of hydrogen-bond acceptors (Lipinski definition) is 4. The molecule has 0 N–H and O–H groups in total. The zero-order valence-corrected chi connectivity index (χ0v) is 16.7. The molecule has 144 valence electrons. The van der Waals surface area contributed by atoms with Crippen molar-refractivity contribution in [3.05, 3.63) is 23.3 Å². The van der Waals surface area contributed by atoms with Crippen LogP contribution < -0.4 is 9.47 Å². The maximum absolute atomic E-state index is 12.4. The van der Waals surface area contributed by atoms with Crippen LogP contribution in [0.2, 0.25) is 0 Å². The topological polar surface area (TPSA) is 42.0 Å². The number of hydrogen-bond donors (Lipinski definition) is 0. The first-order valence-corrected chi connectivity index (χ1v) is 9.75. The number of piperidine rings is 1. The first-order chi connectivity index (χ1) is 12.5. The highest BCUT2D eigenvalue weighted by Crippen LogP contribution is 2.39. The van der Waals surface area contributed by atoms with Gasteiger partial charge in [-0.3, -0.25) is 9.69 Å². The van der Waals surface area contributed by atoms with E-state index >= 15 is 0 Å². The maximum Gasteiger partial charge on any atom is 0.225 e. The molecule has 2 unspecified atom stereocenters. The Kier molecular flexibility index (Phi) is 5.76. The van der Waals surface area contributed by atoms with E-state index in [1.54, 1.807) is 14.2 Å². The van der Waals surface area contributed by atoms with E-state index in [1.807, 2.05) is 13.8 Å². The Balaban J connectivity index is 1.80. The number of nitrogens with zero attached hydrogens (tertiary/aromatic N) is 2. The van der Waals surface area contributed by atoms with E-state index in [9.17, 15) is 4.79 Å². The van der Waals surface area contributed by atoms with Crippen LogP contribution in [0.1, 0.15) is 50.8 Å². The number of methoxy groups -OCH3 is 2. The second-order valence-corrected chi connectivity index (χ2v) is 7.80. The molecule has 2 heterocycles. The van der Waals surface area contributed by atoms with E-state index < -0.39 is 0 Å². The van der Waals surface area contributed by atoms with Crippen molar-refractivity contribution < 1.29 is 14.3 Å². The van der Waals surface area contributed by atoms with Gasteiger partial charge < -0.3 is 14.4 Å². The highest BCUT2D eigenvalue weighted by molar-refractivity contribution is 5.78. The van der Waals surface area contributed by atoms with E-state index in [1.165, 1.54) is 11.1 Å². The molecule has 2 aliphatic heterocycles. The zero-order valence-electron chi connectivity index (χ0n) is 16.7. The van der Waals surface area contributed by atoms with Gasteiger partial charge in [0.1, 0.15) is 0 Å². The summed E-state index contributed by atoms with van der Waals surface area (Å²) in [6.07, 6.45) is 3.26. The Morgan fingerprint density at radius 3 is 2.50 bits per heavy atom. The molecule has 1 saturated heterocycles. The Morgan fingerprint density at radius 1 is 1.15 bits per heavy atom. The second-order valence-electron chi connectivity index (χ2n) is 7.80. The molecule has 2 aliphatic rings. The Labute approximate surface area is 157 Å². The normalized spacial score (nSPS) is 23.7. The molecule has 5 nitrogen and oxygen atoms in total. The van der Waals surface area contributed by atoms with Gasteiger partial charge in [0.25, 0.3) is 0 Å². The number of likely N-dealkylation sites (tertiary alicyclic amines) is 1. The fraction of sp³-hybridized carbons (Fsp3) is 0.667. The van der Waals surface area contributed by atoms with Gasteiger partial charge in [0.2, 0.25) is 5.91 Å². The summed E-state index contributed by atoms with van der Waals surface area (Å²) in [6.45, 7) is 9.03. The van der Waals surface area contributed by atoms with Crippen LogP contribution in [-0.2, 0) is 11.2 Å². The molecule has 3 rings (SSSR count).